The third kappa shape index (κ3) is 3.61. The molecule has 0 spiro atoms. The van der Waals surface area contributed by atoms with Crippen molar-refractivity contribution in [3.05, 3.63) is 56.7 Å². The van der Waals surface area contributed by atoms with Gasteiger partial charge in [-0.1, -0.05) is 24.6 Å². The maximum absolute atomic E-state index is 11.1. The Morgan fingerprint density at radius 2 is 2.14 bits per heavy atom. The number of anilines is 1. The summed E-state index contributed by atoms with van der Waals surface area (Å²) in [6, 6.07) is 8.05. The fourth-order valence-corrected chi connectivity index (χ4v) is 1.96. The van der Waals surface area contributed by atoms with E-state index in [-0.39, 0.29) is 18.0 Å². The molecule has 0 aliphatic carbocycles. The highest BCUT2D eigenvalue weighted by Gasteiger charge is 2.16. The molecule has 1 aromatic carbocycles. The van der Waals surface area contributed by atoms with E-state index in [2.05, 4.69) is 4.98 Å². The number of nitro benzene ring substituents is 1. The Bertz CT molecular complexity index is 677. The Labute approximate surface area is 126 Å². The van der Waals surface area contributed by atoms with Crippen molar-refractivity contribution in [2.75, 3.05) is 5.73 Å². The van der Waals surface area contributed by atoms with Gasteiger partial charge in [0.25, 0.3) is 0 Å². The van der Waals surface area contributed by atoms with Crippen LogP contribution >= 0.6 is 11.6 Å². The van der Waals surface area contributed by atoms with E-state index in [9.17, 15) is 10.1 Å². The minimum atomic E-state index is -0.469. The molecule has 0 unspecified atom stereocenters. The number of pyridine rings is 1. The van der Waals surface area contributed by atoms with Crippen molar-refractivity contribution in [2.24, 2.45) is 0 Å². The number of nitrogen functional groups attached to an aromatic ring is 1. The minimum Gasteiger partial charge on any atom is -0.480 e. The molecule has 0 atom stereocenters. The fraction of sp³-hybridized carbons (Fsp3) is 0.214. The van der Waals surface area contributed by atoms with Crippen LogP contribution in [-0.4, -0.2) is 9.91 Å². The lowest BCUT2D eigenvalue weighted by Crippen LogP contribution is -2.03. The summed E-state index contributed by atoms with van der Waals surface area (Å²) in [5.74, 6) is 0.492. The maximum atomic E-state index is 11.1. The number of nitrogens with zero attached hydrogens (tertiary/aromatic N) is 2. The lowest BCUT2D eigenvalue weighted by atomic mass is 10.1. The van der Waals surface area contributed by atoms with Gasteiger partial charge in [-0.2, -0.15) is 0 Å². The monoisotopic (exact) mass is 307 g/mol. The predicted molar refractivity (Wildman–Crippen MR) is 80.5 cm³/mol. The second-order valence-corrected chi connectivity index (χ2v) is 4.77. The molecule has 7 heteroatoms. The lowest BCUT2D eigenvalue weighted by Gasteiger charge is -2.09. The molecule has 1 heterocycles. The molecule has 0 saturated heterocycles. The van der Waals surface area contributed by atoms with E-state index in [0.29, 0.717) is 23.0 Å². The molecule has 2 aromatic rings. The number of rotatable bonds is 5. The molecule has 0 radical (unpaired) electrons. The Kier molecular flexibility index (Phi) is 4.59. The SMILES string of the molecule is CCc1ccc(OCc2nc(N)ccc2Cl)c([N+](=O)[O-])c1. The normalized spacial score (nSPS) is 10.4. The van der Waals surface area contributed by atoms with Crippen molar-refractivity contribution >= 4 is 23.1 Å². The van der Waals surface area contributed by atoms with E-state index >= 15 is 0 Å². The van der Waals surface area contributed by atoms with Gasteiger partial charge in [0.05, 0.1) is 15.6 Å². The number of aryl methyl sites for hydroxylation is 1. The molecule has 1 aromatic heterocycles. The van der Waals surface area contributed by atoms with E-state index in [1.807, 2.05) is 6.92 Å². The van der Waals surface area contributed by atoms with Crippen LogP contribution in [0.2, 0.25) is 5.02 Å². The first-order valence-corrected chi connectivity index (χ1v) is 6.70. The first-order chi connectivity index (χ1) is 10.0. The van der Waals surface area contributed by atoms with Crippen LogP contribution in [0, 0.1) is 10.1 Å². The maximum Gasteiger partial charge on any atom is 0.311 e. The summed E-state index contributed by atoms with van der Waals surface area (Å²) in [5, 5.41) is 11.5. The second-order valence-electron chi connectivity index (χ2n) is 4.37. The first-order valence-electron chi connectivity index (χ1n) is 6.32. The number of nitrogens with two attached hydrogens (primary N) is 1. The molecule has 0 amide bonds. The molecule has 21 heavy (non-hydrogen) atoms. The van der Waals surface area contributed by atoms with Gasteiger partial charge >= 0.3 is 5.69 Å². The highest BCUT2D eigenvalue weighted by Crippen LogP contribution is 2.29. The number of ether oxygens (including phenoxy) is 1. The van der Waals surface area contributed by atoms with Gasteiger partial charge in [0, 0.05) is 6.07 Å². The van der Waals surface area contributed by atoms with Crippen LogP contribution in [0.3, 0.4) is 0 Å². The minimum absolute atomic E-state index is 0.0101. The van der Waals surface area contributed by atoms with Crippen molar-refractivity contribution < 1.29 is 9.66 Å². The first kappa shape index (κ1) is 15.1. The summed E-state index contributed by atoms with van der Waals surface area (Å²) >= 11 is 5.98. The number of hydrogen-bond acceptors (Lipinski definition) is 5. The average Bonchev–Trinajstić information content (AvgIpc) is 2.48. The Morgan fingerprint density at radius 3 is 2.81 bits per heavy atom. The summed E-state index contributed by atoms with van der Waals surface area (Å²) in [6.07, 6.45) is 0.712. The van der Waals surface area contributed by atoms with Crippen molar-refractivity contribution in [3.63, 3.8) is 0 Å². The van der Waals surface area contributed by atoms with Crippen LogP contribution in [0.25, 0.3) is 0 Å². The summed E-state index contributed by atoms with van der Waals surface area (Å²) < 4.78 is 5.48. The number of halogens is 1. The number of benzene rings is 1. The van der Waals surface area contributed by atoms with Gasteiger partial charge in [-0.05, 0) is 30.2 Å². The van der Waals surface area contributed by atoms with Crippen LogP contribution in [0.15, 0.2) is 30.3 Å². The predicted octanol–water partition coefficient (Wildman–Crippen LogP) is 3.37. The topological polar surface area (TPSA) is 91.3 Å². The van der Waals surface area contributed by atoms with Crippen LogP contribution in [-0.2, 0) is 13.0 Å². The molecule has 0 aliphatic rings. The van der Waals surface area contributed by atoms with Crippen molar-refractivity contribution in [1.29, 1.82) is 0 Å². The smallest absolute Gasteiger partial charge is 0.311 e. The van der Waals surface area contributed by atoms with Crippen LogP contribution < -0.4 is 10.5 Å². The molecule has 0 fully saturated rings. The third-order valence-corrected chi connectivity index (χ3v) is 3.28. The third-order valence-electron chi connectivity index (χ3n) is 2.93. The van der Waals surface area contributed by atoms with Crippen LogP contribution in [0.4, 0.5) is 11.5 Å². The Balaban J connectivity index is 2.23. The van der Waals surface area contributed by atoms with Gasteiger partial charge in [0.1, 0.15) is 12.4 Å². The van der Waals surface area contributed by atoms with Crippen molar-refractivity contribution in [2.45, 2.75) is 20.0 Å². The highest BCUT2D eigenvalue weighted by atomic mass is 35.5. The zero-order valence-electron chi connectivity index (χ0n) is 11.4. The molecule has 0 saturated carbocycles. The zero-order valence-corrected chi connectivity index (χ0v) is 12.1. The van der Waals surface area contributed by atoms with Gasteiger partial charge < -0.3 is 10.5 Å². The standard InChI is InChI=1S/C14H14ClN3O3/c1-2-9-3-5-13(12(7-9)18(19)20)21-8-11-10(15)4-6-14(16)17-11/h3-7H,2,8H2,1H3,(H2,16,17). The molecule has 0 aliphatic heterocycles. The molecule has 110 valence electrons. The van der Waals surface area contributed by atoms with Crippen LogP contribution in [0.5, 0.6) is 5.75 Å². The summed E-state index contributed by atoms with van der Waals surface area (Å²) in [6.45, 7) is 1.94. The van der Waals surface area contributed by atoms with Gasteiger partial charge in [0.2, 0.25) is 0 Å². The summed E-state index contributed by atoms with van der Waals surface area (Å²) in [7, 11) is 0. The molecule has 2 rings (SSSR count). The lowest BCUT2D eigenvalue weighted by molar-refractivity contribution is -0.386. The Hall–Kier alpha value is -2.34. The van der Waals surface area contributed by atoms with Crippen molar-refractivity contribution in [1.82, 2.24) is 4.98 Å². The number of aromatic nitrogens is 1. The largest absolute Gasteiger partial charge is 0.480 e. The Morgan fingerprint density at radius 1 is 1.38 bits per heavy atom. The average molecular weight is 308 g/mol. The second kappa shape index (κ2) is 6.41. The van der Waals surface area contributed by atoms with Gasteiger partial charge in [0.15, 0.2) is 5.75 Å². The van der Waals surface area contributed by atoms with E-state index in [1.165, 1.54) is 6.07 Å². The van der Waals surface area contributed by atoms with Crippen LogP contribution in [0.1, 0.15) is 18.2 Å². The van der Waals surface area contributed by atoms with Gasteiger partial charge in [-0.25, -0.2) is 4.98 Å². The zero-order chi connectivity index (χ0) is 15.4. The molecular weight excluding hydrogens is 294 g/mol. The summed E-state index contributed by atoms with van der Waals surface area (Å²) in [4.78, 5) is 14.7. The molecule has 6 nitrogen and oxygen atoms in total. The number of hydrogen-bond donors (Lipinski definition) is 1. The van der Waals surface area contributed by atoms with E-state index in [0.717, 1.165) is 5.56 Å². The van der Waals surface area contributed by atoms with E-state index in [4.69, 9.17) is 22.1 Å². The van der Waals surface area contributed by atoms with Gasteiger partial charge in [-0.15, -0.1) is 0 Å². The van der Waals surface area contributed by atoms with E-state index in [1.54, 1.807) is 24.3 Å². The summed E-state index contributed by atoms with van der Waals surface area (Å²) in [5.41, 5.74) is 6.81. The van der Waals surface area contributed by atoms with E-state index < -0.39 is 4.92 Å². The number of nitro groups is 1. The van der Waals surface area contributed by atoms with Gasteiger partial charge in [-0.3, -0.25) is 10.1 Å². The van der Waals surface area contributed by atoms with Crippen molar-refractivity contribution in [3.8, 4) is 5.75 Å². The molecule has 2 N–H and O–H groups in total. The fourth-order valence-electron chi connectivity index (χ4n) is 1.80. The highest BCUT2D eigenvalue weighted by molar-refractivity contribution is 6.31. The molecule has 0 bridgehead atoms. The quantitative estimate of drug-likeness (QED) is 0.675. The molecular formula is C14H14ClN3O3.